The van der Waals surface area contributed by atoms with E-state index in [1.807, 2.05) is 12.1 Å². The van der Waals surface area contributed by atoms with Crippen LogP contribution >= 0.6 is 0 Å². The summed E-state index contributed by atoms with van der Waals surface area (Å²) in [7, 11) is 3.27. The minimum absolute atomic E-state index is 0.0739. The molecule has 0 spiro atoms. The fraction of sp³-hybridized carbons (Fsp3) is 0.409. The minimum atomic E-state index is -0.0873. The molecule has 1 N–H and O–H groups in total. The molecule has 2 aliphatic rings. The average Bonchev–Trinajstić information content (AvgIpc) is 3.21. The van der Waals surface area contributed by atoms with Crippen LogP contribution in [0.3, 0.4) is 0 Å². The topological polar surface area (TPSA) is 66.0 Å². The van der Waals surface area contributed by atoms with E-state index >= 15 is 0 Å². The van der Waals surface area contributed by atoms with E-state index in [1.54, 1.807) is 32.4 Å². The summed E-state index contributed by atoms with van der Waals surface area (Å²) < 4.78 is 21.5. The molecule has 0 unspecified atom stereocenters. The summed E-state index contributed by atoms with van der Waals surface area (Å²) >= 11 is 0. The minimum Gasteiger partial charge on any atom is -0.493 e. The number of ether oxygens (including phenoxy) is 4. The van der Waals surface area contributed by atoms with Gasteiger partial charge in [0.25, 0.3) is 5.91 Å². The molecule has 2 atom stereocenters. The molecular weight excluding hydrogens is 358 g/mol. The van der Waals surface area contributed by atoms with Crippen molar-refractivity contribution < 1.29 is 23.7 Å². The smallest absolute Gasteiger partial charge is 0.251 e. The van der Waals surface area contributed by atoms with Gasteiger partial charge in [0.05, 0.1) is 14.2 Å². The Hall–Kier alpha value is -2.89. The van der Waals surface area contributed by atoms with Crippen molar-refractivity contribution in [1.82, 2.24) is 5.32 Å². The number of hydrogen-bond donors (Lipinski definition) is 1. The Kier molecular flexibility index (Phi) is 5.28. The predicted octanol–water partition coefficient (Wildman–Crippen LogP) is 3.89. The molecule has 0 saturated heterocycles. The number of rotatable bonds is 5. The highest BCUT2D eigenvalue weighted by Gasteiger charge is 2.29. The molecule has 148 valence electrons. The van der Waals surface area contributed by atoms with Gasteiger partial charge in [0, 0.05) is 17.5 Å². The van der Waals surface area contributed by atoms with E-state index in [-0.39, 0.29) is 24.7 Å². The molecular formula is C22H25NO5. The van der Waals surface area contributed by atoms with Gasteiger partial charge >= 0.3 is 0 Å². The van der Waals surface area contributed by atoms with Crippen LogP contribution in [0.2, 0.25) is 0 Å². The standard InChI is InChI=1S/C22H25NO5/c1-25-18-9-7-14(11-20(18)26-2)16-5-3-4-6-17(16)23-22(24)15-8-10-19-21(12-15)28-13-27-19/h7-12,16-17H,3-6,13H2,1-2H3,(H,23,24)/t16-,17-/m1/s1. The van der Waals surface area contributed by atoms with Crippen LogP contribution in [0.1, 0.15) is 47.5 Å². The van der Waals surface area contributed by atoms with Gasteiger partial charge in [0.1, 0.15) is 0 Å². The van der Waals surface area contributed by atoms with Crippen molar-refractivity contribution in [3.63, 3.8) is 0 Å². The Balaban J connectivity index is 1.53. The van der Waals surface area contributed by atoms with Crippen LogP contribution < -0.4 is 24.3 Å². The third-order valence-electron chi connectivity index (χ3n) is 5.55. The first-order valence-corrected chi connectivity index (χ1v) is 9.62. The summed E-state index contributed by atoms with van der Waals surface area (Å²) in [5, 5.41) is 3.23. The predicted molar refractivity (Wildman–Crippen MR) is 105 cm³/mol. The first kappa shape index (κ1) is 18.5. The second-order valence-electron chi connectivity index (χ2n) is 7.15. The number of amides is 1. The number of methoxy groups -OCH3 is 2. The SMILES string of the molecule is COc1ccc([C@H]2CCCC[C@H]2NC(=O)c2ccc3c(c2)OCO3)cc1OC. The van der Waals surface area contributed by atoms with E-state index in [0.29, 0.717) is 28.6 Å². The highest BCUT2D eigenvalue weighted by atomic mass is 16.7. The molecule has 0 radical (unpaired) electrons. The number of fused-ring (bicyclic) bond motifs is 1. The second-order valence-corrected chi connectivity index (χ2v) is 7.15. The molecule has 28 heavy (non-hydrogen) atoms. The normalized spacial score (nSPS) is 20.5. The van der Waals surface area contributed by atoms with Gasteiger partial charge in [-0.25, -0.2) is 0 Å². The van der Waals surface area contributed by atoms with Crippen molar-refractivity contribution >= 4 is 5.91 Å². The second kappa shape index (κ2) is 8.00. The summed E-state index contributed by atoms with van der Waals surface area (Å²) in [6.07, 6.45) is 4.24. The number of hydrogen-bond acceptors (Lipinski definition) is 5. The molecule has 2 aromatic carbocycles. The highest BCUT2D eigenvalue weighted by Crippen LogP contribution is 2.38. The van der Waals surface area contributed by atoms with Gasteiger partial charge in [-0.15, -0.1) is 0 Å². The van der Waals surface area contributed by atoms with Crippen LogP contribution in [0, 0.1) is 0 Å². The lowest BCUT2D eigenvalue weighted by atomic mass is 9.79. The summed E-state index contributed by atoms with van der Waals surface area (Å²) in [6.45, 7) is 0.199. The quantitative estimate of drug-likeness (QED) is 0.849. The van der Waals surface area contributed by atoms with Crippen molar-refractivity contribution in [2.24, 2.45) is 0 Å². The van der Waals surface area contributed by atoms with Crippen molar-refractivity contribution in [1.29, 1.82) is 0 Å². The zero-order valence-corrected chi connectivity index (χ0v) is 16.2. The Morgan fingerprint density at radius 3 is 2.57 bits per heavy atom. The van der Waals surface area contributed by atoms with E-state index < -0.39 is 0 Å². The number of carbonyl (C=O) groups is 1. The molecule has 2 aromatic rings. The van der Waals surface area contributed by atoms with Crippen LogP contribution in [0.15, 0.2) is 36.4 Å². The zero-order valence-electron chi connectivity index (χ0n) is 16.2. The first-order valence-electron chi connectivity index (χ1n) is 9.62. The van der Waals surface area contributed by atoms with Crippen molar-refractivity contribution in [3.8, 4) is 23.0 Å². The number of nitrogens with one attached hydrogen (secondary N) is 1. The molecule has 4 rings (SSSR count). The third kappa shape index (κ3) is 3.59. The van der Waals surface area contributed by atoms with Crippen LogP contribution in [0.25, 0.3) is 0 Å². The molecule has 1 fully saturated rings. The van der Waals surface area contributed by atoms with Crippen LogP contribution in [0.4, 0.5) is 0 Å². The van der Waals surface area contributed by atoms with Crippen molar-refractivity contribution in [3.05, 3.63) is 47.5 Å². The molecule has 6 nitrogen and oxygen atoms in total. The highest BCUT2D eigenvalue weighted by molar-refractivity contribution is 5.95. The molecule has 1 aliphatic carbocycles. The fourth-order valence-electron chi connectivity index (χ4n) is 4.08. The molecule has 6 heteroatoms. The van der Waals surface area contributed by atoms with Crippen molar-refractivity contribution in [2.75, 3.05) is 21.0 Å². The molecule has 1 heterocycles. The summed E-state index contributed by atoms with van der Waals surface area (Å²) in [5.74, 6) is 2.88. The molecule has 1 saturated carbocycles. The van der Waals surface area contributed by atoms with E-state index in [0.717, 1.165) is 31.2 Å². The lowest BCUT2D eigenvalue weighted by molar-refractivity contribution is 0.0920. The zero-order chi connectivity index (χ0) is 19.5. The monoisotopic (exact) mass is 383 g/mol. The fourth-order valence-corrected chi connectivity index (χ4v) is 4.08. The van der Waals surface area contributed by atoms with E-state index in [2.05, 4.69) is 11.4 Å². The lowest BCUT2D eigenvalue weighted by Gasteiger charge is -2.33. The van der Waals surface area contributed by atoms with Crippen LogP contribution in [-0.2, 0) is 0 Å². The number of benzene rings is 2. The van der Waals surface area contributed by atoms with Gasteiger partial charge in [-0.1, -0.05) is 18.9 Å². The molecule has 1 amide bonds. The lowest BCUT2D eigenvalue weighted by Crippen LogP contribution is -2.41. The average molecular weight is 383 g/mol. The maximum Gasteiger partial charge on any atom is 0.251 e. The van der Waals surface area contributed by atoms with Gasteiger partial charge in [-0.2, -0.15) is 0 Å². The van der Waals surface area contributed by atoms with Gasteiger partial charge in [0.15, 0.2) is 23.0 Å². The van der Waals surface area contributed by atoms with Crippen LogP contribution in [0.5, 0.6) is 23.0 Å². The van der Waals surface area contributed by atoms with Crippen molar-refractivity contribution in [2.45, 2.75) is 37.6 Å². The maximum atomic E-state index is 12.9. The third-order valence-corrected chi connectivity index (χ3v) is 5.55. The largest absolute Gasteiger partial charge is 0.493 e. The maximum absolute atomic E-state index is 12.9. The van der Waals surface area contributed by atoms with E-state index in [9.17, 15) is 4.79 Å². The van der Waals surface area contributed by atoms with Gasteiger partial charge < -0.3 is 24.3 Å². The number of carbonyl (C=O) groups excluding carboxylic acids is 1. The molecule has 0 bridgehead atoms. The Bertz CT molecular complexity index is 866. The van der Waals surface area contributed by atoms with Gasteiger partial charge in [0.2, 0.25) is 6.79 Å². The summed E-state index contributed by atoms with van der Waals surface area (Å²) in [6, 6.07) is 11.4. The van der Waals surface area contributed by atoms with Gasteiger partial charge in [-0.3, -0.25) is 4.79 Å². The summed E-state index contributed by atoms with van der Waals surface area (Å²) in [5.41, 5.74) is 1.74. The first-order chi connectivity index (χ1) is 13.7. The Morgan fingerprint density at radius 2 is 1.75 bits per heavy atom. The summed E-state index contributed by atoms with van der Waals surface area (Å²) in [4.78, 5) is 12.9. The van der Waals surface area contributed by atoms with E-state index in [4.69, 9.17) is 18.9 Å². The Labute approximate surface area is 164 Å². The molecule has 1 aliphatic heterocycles. The Morgan fingerprint density at radius 1 is 0.964 bits per heavy atom. The van der Waals surface area contributed by atoms with Gasteiger partial charge in [-0.05, 0) is 48.7 Å². The van der Waals surface area contributed by atoms with E-state index in [1.165, 1.54) is 0 Å². The van der Waals surface area contributed by atoms with Crippen LogP contribution in [-0.4, -0.2) is 33.0 Å². The molecule has 0 aromatic heterocycles.